The maximum absolute atomic E-state index is 9.70. The van der Waals surface area contributed by atoms with E-state index in [4.69, 9.17) is 17.3 Å². The Morgan fingerprint density at radius 3 is 2.80 bits per heavy atom. The Bertz CT molecular complexity index is 336. The number of hydrogen-bond donors (Lipinski definition) is 4. The van der Waals surface area contributed by atoms with Gasteiger partial charge in [0.15, 0.2) is 0 Å². The van der Waals surface area contributed by atoms with Crippen molar-refractivity contribution in [2.24, 2.45) is 0 Å². The van der Waals surface area contributed by atoms with Crippen LogP contribution in [0.4, 0.5) is 5.82 Å². The molecule has 0 aliphatic carbocycles. The van der Waals surface area contributed by atoms with Crippen LogP contribution in [0.2, 0.25) is 5.28 Å². The Morgan fingerprint density at radius 2 is 2.27 bits per heavy atom. The van der Waals surface area contributed by atoms with Gasteiger partial charge in [0.05, 0.1) is 6.10 Å². The zero-order valence-electron chi connectivity index (χ0n) is 8.18. The number of aromatic nitrogens is 2. The van der Waals surface area contributed by atoms with Gasteiger partial charge in [0.1, 0.15) is 11.9 Å². The highest BCUT2D eigenvalue weighted by atomic mass is 35.5. The smallest absolute Gasteiger partial charge is 0.224 e. The molecule has 0 saturated heterocycles. The summed E-state index contributed by atoms with van der Waals surface area (Å²) in [5.74, 6) is 0.0673. The highest BCUT2D eigenvalue weighted by Crippen LogP contribution is 2.21. The van der Waals surface area contributed by atoms with Crippen molar-refractivity contribution in [2.75, 3.05) is 19.3 Å². The predicted molar refractivity (Wildman–Crippen MR) is 56.3 cm³/mol. The van der Waals surface area contributed by atoms with E-state index in [1.165, 1.54) is 6.20 Å². The van der Waals surface area contributed by atoms with Crippen LogP contribution in [0.5, 0.6) is 0 Å². The fourth-order valence-electron chi connectivity index (χ4n) is 1.14. The maximum Gasteiger partial charge on any atom is 0.224 e. The lowest BCUT2D eigenvalue weighted by Crippen LogP contribution is -2.30. The Kier molecular flexibility index (Phi) is 4.22. The van der Waals surface area contributed by atoms with Crippen molar-refractivity contribution >= 4 is 17.4 Å². The number of rotatable bonds is 4. The van der Waals surface area contributed by atoms with E-state index in [-0.39, 0.29) is 23.2 Å². The van der Waals surface area contributed by atoms with Crippen molar-refractivity contribution in [3.63, 3.8) is 0 Å². The fourth-order valence-corrected chi connectivity index (χ4v) is 1.28. The quantitative estimate of drug-likeness (QED) is 0.513. The number of halogens is 1. The molecular formula is C8H13ClN4O2. The highest BCUT2D eigenvalue weighted by molar-refractivity contribution is 6.28. The summed E-state index contributed by atoms with van der Waals surface area (Å²) < 4.78 is 0. The summed E-state index contributed by atoms with van der Waals surface area (Å²) in [6.45, 7) is 0.239. The maximum atomic E-state index is 9.70. The normalized spacial score (nSPS) is 14.9. The minimum absolute atomic E-state index is 0.00607. The van der Waals surface area contributed by atoms with Crippen LogP contribution in [-0.2, 0) is 0 Å². The number of likely N-dealkylation sites (N-methyl/N-ethyl adjacent to an activating group) is 1. The van der Waals surface area contributed by atoms with Crippen LogP contribution in [0.1, 0.15) is 11.7 Å². The molecule has 1 rings (SSSR count). The summed E-state index contributed by atoms with van der Waals surface area (Å²) in [4.78, 5) is 7.36. The van der Waals surface area contributed by atoms with E-state index < -0.39 is 12.2 Å². The number of nitrogens with one attached hydrogen (secondary N) is 1. The molecule has 7 heteroatoms. The predicted octanol–water partition coefficient (Wildman–Crippen LogP) is -0.674. The van der Waals surface area contributed by atoms with E-state index in [9.17, 15) is 10.2 Å². The molecular weight excluding hydrogens is 220 g/mol. The Balaban J connectivity index is 2.86. The Hall–Kier alpha value is -0.950. The van der Waals surface area contributed by atoms with Crippen molar-refractivity contribution in [1.82, 2.24) is 15.3 Å². The first-order valence-corrected chi connectivity index (χ1v) is 4.72. The van der Waals surface area contributed by atoms with Gasteiger partial charge < -0.3 is 21.3 Å². The zero-order chi connectivity index (χ0) is 11.4. The third kappa shape index (κ3) is 3.00. The molecule has 0 aliphatic heterocycles. The van der Waals surface area contributed by atoms with Gasteiger partial charge in [0.2, 0.25) is 5.28 Å². The average Bonchev–Trinajstić information content (AvgIpc) is 2.17. The molecule has 1 heterocycles. The van der Waals surface area contributed by atoms with Crippen LogP contribution in [0.25, 0.3) is 0 Å². The lowest BCUT2D eigenvalue weighted by atomic mass is 10.1. The van der Waals surface area contributed by atoms with E-state index in [1.807, 2.05) is 0 Å². The van der Waals surface area contributed by atoms with Gasteiger partial charge in [-0.1, -0.05) is 0 Å². The largest absolute Gasteiger partial charge is 0.389 e. The third-order valence-electron chi connectivity index (χ3n) is 1.92. The molecule has 5 N–H and O–H groups in total. The number of nitrogens with zero attached hydrogens (tertiary/aromatic N) is 2. The second-order valence-corrected chi connectivity index (χ2v) is 3.39. The molecule has 0 amide bonds. The molecule has 0 aliphatic rings. The van der Waals surface area contributed by atoms with Crippen molar-refractivity contribution < 1.29 is 10.2 Å². The molecule has 84 valence electrons. The molecule has 0 radical (unpaired) electrons. The van der Waals surface area contributed by atoms with E-state index in [0.29, 0.717) is 0 Å². The number of nitrogen functional groups attached to an aromatic ring is 1. The van der Waals surface area contributed by atoms with Crippen LogP contribution in [-0.4, -0.2) is 39.9 Å². The van der Waals surface area contributed by atoms with Gasteiger partial charge in [-0.05, 0) is 18.6 Å². The highest BCUT2D eigenvalue weighted by Gasteiger charge is 2.21. The van der Waals surface area contributed by atoms with Crippen molar-refractivity contribution in [3.05, 3.63) is 17.0 Å². The minimum Gasteiger partial charge on any atom is -0.389 e. The van der Waals surface area contributed by atoms with Gasteiger partial charge in [-0.3, -0.25) is 0 Å². The summed E-state index contributed by atoms with van der Waals surface area (Å²) in [6, 6.07) is 0. The molecule has 0 saturated carbocycles. The second-order valence-electron chi connectivity index (χ2n) is 3.05. The van der Waals surface area contributed by atoms with Crippen molar-refractivity contribution in [3.8, 4) is 0 Å². The molecule has 6 nitrogen and oxygen atoms in total. The molecule has 15 heavy (non-hydrogen) atoms. The molecule has 0 aromatic carbocycles. The van der Waals surface area contributed by atoms with Crippen LogP contribution < -0.4 is 11.1 Å². The van der Waals surface area contributed by atoms with Gasteiger partial charge in [-0.2, -0.15) is 0 Å². The Morgan fingerprint density at radius 1 is 1.60 bits per heavy atom. The van der Waals surface area contributed by atoms with E-state index in [0.717, 1.165) is 0 Å². The number of hydrogen-bond acceptors (Lipinski definition) is 6. The lowest BCUT2D eigenvalue weighted by molar-refractivity contribution is 0.0203. The fraction of sp³-hybridized carbons (Fsp3) is 0.500. The van der Waals surface area contributed by atoms with E-state index in [1.54, 1.807) is 7.05 Å². The molecule has 2 atom stereocenters. The first kappa shape index (κ1) is 12.1. The molecule has 1 aromatic rings. The molecule has 2 unspecified atom stereocenters. The summed E-state index contributed by atoms with van der Waals surface area (Å²) in [7, 11) is 1.66. The van der Waals surface area contributed by atoms with Crippen LogP contribution in [0, 0.1) is 0 Å². The first-order chi connectivity index (χ1) is 7.06. The SMILES string of the molecule is CNCC(O)C(O)c1cnc(Cl)nc1N. The standard InChI is InChI=1S/C8H13ClN4O2/c1-11-3-5(14)6(15)4-2-12-8(9)13-7(4)10/h2,5-6,11,14-15H,3H2,1H3,(H2,10,12,13). The van der Waals surface area contributed by atoms with Gasteiger partial charge in [0.25, 0.3) is 0 Å². The molecule has 0 spiro atoms. The first-order valence-electron chi connectivity index (χ1n) is 4.35. The molecule has 0 bridgehead atoms. The number of anilines is 1. The third-order valence-corrected chi connectivity index (χ3v) is 2.10. The number of aliphatic hydroxyl groups is 2. The summed E-state index contributed by atoms with van der Waals surface area (Å²) >= 11 is 5.50. The topological polar surface area (TPSA) is 104 Å². The molecule has 0 fully saturated rings. The number of nitrogens with two attached hydrogens (primary N) is 1. The van der Waals surface area contributed by atoms with Gasteiger partial charge in [0, 0.05) is 18.3 Å². The van der Waals surface area contributed by atoms with Crippen LogP contribution in [0.15, 0.2) is 6.20 Å². The Labute approximate surface area is 92.1 Å². The van der Waals surface area contributed by atoms with Gasteiger partial charge >= 0.3 is 0 Å². The monoisotopic (exact) mass is 232 g/mol. The van der Waals surface area contributed by atoms with Crippen LogP contribution >= 0.6 is 11.6 Å². The average molecular weight is 233 g/mol. The van der Waals surface area contributed by atoms with Crippen molar-refractivity contribution in [1.29, 1.82) is 0 Å². The van der Waals surface area contributed by atoms with Gasteiger partial charge in [-0.15, -0.1) is 0 Å². The van der Waals surface area contributed by atoms with E-state index in [2.05, 4.69) is 15.3 Å². The minimum atomic E-state index is -1.13. The summed E-state index contributed by atoms with van der Waals surface area (Å²) in [5, 5.41) is 21.9. The molecule has 1 aromatic heterocycles. The van der Waals surface area contributed by atoms with Gasteiger partial charge in [-0.25, -0.2) is 9.97 Å². The van der Waals surface area contributed by atoms with Crippen LogP contribution in [0.3, 0.4) is 0 Å². The second kappa shape index (κ2) is 5.22. The summed E-state index contributed by atoms with van der Waals surface area (Å²) in [5.41, 5.74) is 5.80. The zero-order valence-corrected chi connectivity index (χ0v) is 8.94. The number of aliphatic hydroxyl groups excluding tert-OH is 2. The van der Waals surface area contributed by atoms with E-state index >= 15 is 0 Å². The lowest BCUT2D eigenvalue weighted by Gasteiger charge is -2.18. The summed E-state index contributed by atoms with van der Waals surface area (Å²) in [6.07, 6.45) is -0.800. The van der Waals surface area contributed by atoms with Crippen molar-refractivity contribution in [2.45, 2.75) is 12.2 Å².